The minimum Gasteiger partial charge on any atom is -0.466 e. The Hall–Kier alpha value is -2.19. The van der Waals surface area contributed by atoms with Crippen LogP contribution in [-0.2, 0) is 25.7 Å². The summed E-state index contributed by atoms with van der Waals surface area (Å²) in [5, 5.41) is 5.59. The molecule has 2 amide bonds. The maximum atomic E-state index is 14.1. The van der Waals surface area contributed by atoms with E-state index in [2.05, 4.69) is 10.6 Å². The van der Waals surface area contributed by atoms with E-state index in [1.54, 1.807) is 17.9 Å². The van der Waals surface area contributed by atoms with Crippen LogP contribution in [0.4, 0.5) is 4.39 Å². The Morgan fingerprint density at radius 3 is 2.93 bits per heavy atom. The third kappa shape index (κ3) is 6.18. The Morgan fingerprint density at radius 2 is 2.22 bits per heavy atom. The van der Waals surface area contributed by atoms with Crippen molar-refractivity contribution in [1.82, 2.24) is 15.5 Å². The molecule has 7 nitrogen and oxygen atoms in total. The summed E-state index contributed by atoms with van der Waals surface area (Å²) in [6.45, 7) is 3.12. The van der Waals surface area contributed by atoms with Crippen molar-refractivity contribution in [1.29, 1.82) is 0 Å². The monoisotopic (exact) mass is 399 g/mol. The molecule has 2 N–H and O–H groups in total. The summed E-state index contributed by atoms with van der Waals surface area (Å²) in [7, 11) is 0. The van der Waals surface area contributed by atoms with E-state index in [-0.39, 0.29) is 49.4 Å². The van der Waals surface area contributed by atoms with Gasteiger partial charge in [-0.2, -0.15) is 0 Å². The topological polar surface area (TPSA) is 87.7 Å². The molecule has 1 aliphatic heterocycles. The molecule has 0 bridgehead atoms. The number of ether oxygens (including phenoxy) is 1. The van der Waals surface area contributed by atoms with Gasteiger partial charge >= 0.3 is 5.97 Å². The highest BCUT2D eigenvalue weighted by molar-refractivity contribution is 6.31. The zero-order valence-corrected chi connectivity index (χ0v) is 15.9. The number of hydrogen-bond acceptors (Lipinski definition) is 5. The third-order valence-corrected chi connectivity index (χ3v) is 4.55. The van der Waals surface area contributed by atoms with Gasteiger partial charge < -0.3 is 15.4 Å². The van der Waals surface area contributed by atoms with Gasteiger partial charge in [-0.05, 0) is 19.1 Å². The van der Waals surface area contributed by atoms with Crippen LogP contribution in [0, 0.1) is 5.82 Å². The first-order chi connectivity index (χ1) is 12.9. The van der Waals surface area contributed by atoms with Crippen molar-refractivity contribution in [3.05, 3.63) is 34.6 Å². The van der Waals surface area contributed by atoms with Crippen molar-refractivity contribution in [2.75, 3.05) is 26.2 Å². The Kier molecular flexibility index (Phi) is 7.99. The zero-order chi connectivity index (χ0) is 19.8. The van der Waals surface area contributed by atoms with E-state index < -0.39 is 17.8 Å². The predicted octanol–water partition coefficient (Wildman–Crippen LogP) is 1.24. The average Bonchev–Trinajstić information content (AvgIpc) is 2.61. The van der Waals surface area contributed by atoms with E-state index in [0.29, 0.717) is 18.7 Å². The van der Waals surface area contributed by atoms with Gasteiger partial charge in [0.05, 0.1) is 25.5 Å². The molecule has 148 valence electrons. The number of carbonyl (C=O) groups excluding carboxylic acids is 3. The molecule has 2 rings (SSSR count). The van der Waals surface area contributed by atoms with Crippen molar-refractivity contribution in [2.45, 2.75) is 32.4 Å². The van der Waals surface area contributed by atoms with Gasteiger partial charge in [-0.1, -0.05) is 17.7 Å². The highest BCUT2D eigenvalue weighted by Crippen LogP contribution is 2.23. The van der Waals surface area contributed by atoms with Crippen LogP contribution in [-0.4, -0.2) is 55.0 Å². The molecule has 1 saturated heterocycles. The molecule has 1 heterocycles. The standard InChI is InChI=1S/C18H23ClFN3O4/c1-2-27-17(25)6-7-21-16(24)10-15-18(26)22-8-9-23(15)11-12-13(19)4-3-5-14(12)20/h3-5,15H,2,6-11H2,1H3,(H,21,24)(H,22,26)/t15-/m0/s1. The minimum absolute atomic E-state index is 0.0605. The summed E-state index contributed by atoms with van der Waals surface area (Å²) in [5.74, 6) is -1.52. The highest BCUT2D eigenvalue weighted by Gasteiger charge is 2.32. The van der Waals surface area contributed by atoms with Crippen LogP contribution in [0.3, 0.4) is 0 Å². The predicted molar refractivity (Wildman–Crippen MR) is 97.5 cm³/mol. The Bertz CT molecular complexity index is 681. The Labute approximate surface area is 162 Å². The SMILES string of the molecule is CCOC(=O)CCNC(=O)C[C@H]1C(=O)NCCN1Cc1c(F)cccc1Cl. The molecule has 1 aromatic rings. The number of rotatable bonds is 8. The molecule has 1 aromatic carbocycles. The summed E-state index contributed by atoms with van der Waals surface area (Å²) in [6.07, 6.45) is -0.0360. The molecule has 0 aliphatic carbocycles. The number of piperazine rings is 1. The van der Waals surface area contributed by atoms with E-state index >= 15 is 0 Å². The van der Waals surface area contributed by atoms with Gasteiger partial charge in [-0.3, -0.25) is 19.3 Å². The number of hydrogen-bond donors (Lipinski definition) is 2. The summed E-state index contributed by atoms with van der Waals surface area (Å²) < 4.78 is 18.8. The molecular weight excluding hydrogens is 377 g/mol. The summed E-state index contributed by atoms with van der Waals surface area (Å²) >= 11 is 6.07. The van der Waals surface area contributed by atoms with Gasteiger partial charge in [0.1, 0.15) is 5.82 Å². The quantitative estimate of drug-likeness (QED) is 0.642. The average molecular weight is 400 g/mol. The largest absolute Gasteiger partial charge is 0.466 e. The van der Waals surface area contributed by atoms with Gasteiger partial charge in [0.2, 0.25) is 11.8 Å². The molecule has 0 saturated carbocycles. The first-order valence-corrected chi connectivity index (χ1v) is 9.17. The fourth-order valence-corrected chi connectivity index (χ4v) is 3.07. The number of carbonyl (C=O) groups is 3. The molecular formula is C18H23ClFN3O4. The molecule has 0 radical (unpaired) electrons. The summed E-state index contributed by atoms with van der Waals surface area (Å²) in [4.78, 5) is 37.4. The number of benzene rings is 1. The van der Waals surface area contributed by atoms with Gasteiger partial charge in [-0.15, -0.1) is 0 Å². The molecule has 0 aromatic heterocycles. The second kappa shape index (κ2) is 10.2. The Balaban J connectivity index is 1.96. The second-order valence-corrected chi connectivity index (χ2v) is 6.49. The molecule has 1 fully saturated rings. The first-order valence-electron chi connectivity index (χ1n) is 8.79. The van der Waals surface area contributed by atoms with Crippen LogP contribution in [0.15, 0.2) is 18.2 Å². The first kappa shape index (κ1) is 21.1. The third-order valence-electron chi connectivity index (χ3n) is 4.20. The molecule has 0 unspecified atom stereocenters. The van der Waals surface area contributed by atoms with Crippen LogP contribution in [0.1, 0.15) is 25.3 Å². The fourth-order valence-electron chi connectivity index (χ4n) is 2.84. The highest BCUT2D eigenvalue weighted by atomic mass is 35.5. The second-order valence-electron chi connectivity index (χ2n) is 6.09. The summed E-state index contributed by atoms with van der Waals surface area (Å²) in [6, 6.07) is 3.67. The van der Waals surface area contributed by atoms with E-state index in [1.807, 2.05) is 0 Å². The summed E-state index contributed by atoms with van der Waals surface area (Å²) in [5.41, 5.74) is 0.293. The Morgan fingerprint density at radius 1 is 1.44 bits per heavy atom. The number of nitrogens with one attached hydrogen (secondary N) is 2. The minimum atomic E-state index is -0.739. The van der Waals surface area contributed by atoms with Crippen LogP contribution in [0.25, 0.3) is 0 Å². The molecule has 1 aliphatic rings. The number of esters is 1. The molecule has 1 atom stereocenters. The van der Waals surface area contributed by atoms with Crippen LogP contribution < -0.4 is 10.6 Å². The number of nitrogens with zero attached hydrogens (tertiary/aromatic N) is 1. The maximum absolute atomic E-state index is 14.1. The van der Waals surface area contributed by atoms with E-state index in [0.717, 1.165) is 0 Å². The lowest BCUT2D eigenvalue weighted by molar-refractivity contribution is -0.143. The van der Waals surface area contributed by atoms with Crippen LogP contribution in [0.2, 0.25) is 5.02 Å². The zero-order valence-electron chi connectivity index (χ0n) is 15.1. The van der Waals surface area contributed by atoms with E-state index in [4.69, 9.17) is 16.3 Å². The van der Waals surface area contributed by atoms with Crippen molar-refractivity contribution in [3.63, 3.8) is 0 Å². The lowest BCUT2D eigenvalue weighted by atomic mass is 10.1. The lowest BCUT2D eigenvalue weighted by Gasteiger charge is -2.35. The van der Waals surface area contributed by atoms with Crippen LogP contribution in [0.5, 0.6) is 0 Å². The molecule has 0 spiro atoms. The van der Waals surface area contributed by atoms with Crippen molar-refractivity contribution < 1.29 is 23.5 Å². The van der Waals surface area contributed by atoms with Crippen molar-refractivity contribution in [2.24, 2.45) is 0 Å². The van der Waals surface area contributed by atoms with Crippen molar-refractivity contribution in [3.8, 4) is 0 Å². The van der Waals surface area contributed by atoms with E-state index in [1.165, 1.54) is 12.1 Å². The number of halogens is 2. The van der Waals surface area contributed by atoms with Gasteiger partial charge in [0, 0.05) is 36.8 Å². The van der Waals surface area contributed by atoms with E-state index in [9.17, 15) is 18.8 Å². The van der Waals surface area contributed by atoms with Gasteiger partial charge in [0.25, 0.3) is 0 Å². The number of amides is 2. The van der Waals surface area contributed by atoms with Gasteiger partial charge in [0.15, 0.2) is 0 Å². The molecule has 9 heteroatoms. The van der Waals surface area contributed by atoms with Crippen molar-refractivity contribution >= 4 is 29.4 Å². The lowest BCUT2D eigenvalue weighted by Crippen LogP contribution is -2.56. The maximum Gasteiger partial charge on any atom is 0.307 e. The fraction of sp³-hybridized carbons (Fsp3) is 0.500. The normalized spacial score (nSPS) is 17.3. The van der Waals surface area contributed by atoms with Gasteiger partial charge in [-0.25, -0.2) is 4.39 Å². The molecule has 27 heavy (non-hydrogen) atoms. The van der Waals surface area contributed by atoms with Crippen LogP contribution >= 0.6 is 11.6 Å². The smallest absolute Gasteiger partial charge is 0.307 e.